The van der Waals surface area contributed by atoms with Crippen molar-refractivity contribution in [2.24, 2.45) is 5.41 Å². The fraction of sp³-hybridized carbons (Fsp3) is 0.450. The van der Waals surface area contributed by atoms with Gasteiger partial charge in [0.25, 0.3) is 5.91 Å². The summed E-state index contributed by atoms with van der Waals surface area (Å²) in [4.78, 5) is 23.2. The Morgan fingerprint density at radius 1 is 1.23 bits per heavy atom. The van der Waals surface area contributed by atoms with E-state index in [-0.39, 0.29) is 17.4 Å². The second-order valence-corrected chi connectivity index (χ2v) is 7.01. The van der Waals surface area contributed by atoms with Crippen molar-refractivity contribution in [3.05, 3.63) is 54.5 Å². The van der Waals surface area contributed by atoms with Gasteiger partial charge in [0.1, 0.15) is 5.69 Å². The Morgan fingerprint density at radius 2 is 2.08 bits per heavy atom. The molecule has 0 N–H and O–H groups in total. The van der Waals surface area contributed by atoms with E-state index in [0.717, 1.165) is 25.9 Å². The van der Waals surface area contributed by atoms with Crippen LogP contribution in [-0.2, 0) is 4.74 Å². The number of carbonyl (C=O) groups excluding carboxylic acids is 1. The standard InChI is InChI=1S/C20H23N3O3/c24-19(16-6-1-3-10-21-16)23-12-8-17-20(14-23,9-5-13-25-17)15-26-18-7-2-4-11-22-18/h1-4,6-7,10-11,17H,5,8-9,12-15H2/t17-,20-/m1/s1. The molecular formula is C20H23N3O3. The van der Waals surface area contributed by atoms with Crippen LogP contribution in [0.3, 0.4) is 0 Å². The van der Waals surface area contributed by atoms with Crippen LogP contribution >= 0.6 is 0 Å². The van der Waals surface area contributed by atoms with Gasteiger partial charge in [-0.15, -0.1) is 0 Å². The van der Waals surface area contributed by atoms with Crippen molar-refractivity contribution in [3.8, 4) is 5.88 Å². The van der Waals surface area contributed by atoms with E-state index in [1.165, 1.54) is 0 Å². The molecule has 0 aliphatic carbocycles. The molecule has 4 heterocycles. The van der Waals surface area contributed by atoms with Crippen molar-refractivity contribution in [1.29, 1.82) is 0 Å². The van der Waals surface area contributed by atoms with E-state index in [0.29, 0.717) is 31.3 Å². The fourth-order valence-corrected chi connectivity index (χ4v) is 3.98. The van der Waals surface area contributed by atoms with Crippen LogP contribution in [0.1, 0.15) is 29.8 Å². The Kier molecular flexibility index (Phi) is 4.84. The highest BCUT2D eigenvalue weighted by atomic mass is 16.5. The lowest BCUT2D eigenvalue weighted by Crippen LogP contribution is -2.58. The summed E-state index contributed by atoms with van der Waals surface area (Å²) in [6.45, 7) is 2.59. The zero-order chi connectivity index (χ0) is 17.8. The molecule has 136 valence electrons. The molecule has 0 unspecified atom stereocenters. The first-order chi connectivity index (χ1) is 12.8. The number of hydrogen-bond acceptors (Lipinski definition) is 5. The molecule has 2 aliphatic rings. The van der Waals surface area contributed by atoms with E-state index in [4.69, 9.17) is 9.47 Å². The Hall–Kier alpha value is -2.47. The van der Waals surface area contributed by atoms with Gasteiger partial charge in [-0.2, -0.15) is 0 Å². The maximum Gasteiger partial charge on any atom is 0.272 e. The number of piperidine rings is 1. The molecule has 4 rings (SSSR count). The van der Waals surface area contributed by atoms with Gasteiger partial charge in [0.05, 0.1) is 12.7 Å². The summed E-state index contributed by atoms with van der Waals surface area (Å²) in [6.07, 6.45) is 6.28. The lowest BCUT2D eigenvalue weighted by Gasteiger charge is -2.49. The molecule has 0 bridgehead atoms. The van der Waals surface area contributed by atoms with Crippen molar-refractivity contribution in [1.82, 2.24) is 14.9 Å². The third-order valence-electron chi connectivity index (χ3n) is 5.30. The summed E-state index contributed by atoms with van der Waals surface area (Å²) in [5.74, 6) is 0.589. The molecule has 0 saturated carbocycles. The molecule has 2 atom stereocenters. The Balaban J connectivity index is 1.52. The molecule has 2 fully saturated rings. The number of carbonyl (C=O) groups is 1. The van der Waals surface area contributed by atoms with Crippen molar-refractivity contribution >= 4 is 5.91 Å². The number of rotatable bonds is 4. The predicted octanol–water partition coefficient (Wildman–Crippen LogP) is 2.57. The minimum absolute atomic E-state index is 0.0214. The second kappa shape index (κ2) is 7.41. The maximum atomic E-state index is 12.9. The summed E-state index contributed by atoms with van der Waals surface area (Å²) in [6, 6.07) is 11.1. The smallest absolute Gasteiger partial charge is 0.272 e. The molecule has 1 amide bonds. The highest BCUT2D eigenvalue weighted by Gasteiger charge is 2.48. The predicted molar refractivity (Wildman–Crippen MR) is 95.9 cm³/mol. The number of ether oxygens (including phenoxy) is 2. The van der Waals surface area contributed by atoms with Crippen LogP contribution in [0, 0.1) is 5.41 Å². The summed E-state index contributed by atoms with van der Waals surface area (Å²) < 4.78 is 12.0. The molecule has 26 heavy (non-hydrogen) atoms. The van der Waals surface area contributed by atoms with Gasteiger partial charge in [-0.1, -0.05) is 12.1 Å². The Bertz CT molecular complexity index is 740. The normalized spacial score (nSPS) is 25.4. The molecule has 0 aromatic carbocycles. The van der Waals surface area contributed by atoms with Crippen LogP contribution in [-0.4, -0.2) is 53.2 Å². The van der Waals surface area contributed by atoms with Crippen LogP contribution in [0.4, 0.5) is 0 Å². The third-order valence-corrected chi connectivity index (χ3v) is 5.30. The topological polar surface area (TPSA) is 64.6 Å². The SMILES string of the molecule is O=C(c1ccccn1)N1CC[C@H]2OCCC[C@]2(COc2ccccn2)C1. The third kappa shape index (κ3) is 3.42. The molecule has 2 saturated heterocycles. The van der Waals surface area contributed by atoms with Crippen molar-refractivity contribution in [2.75, 3.05) is 26.3 Å². The van der Waals surface area contributed by atoms with E-state index in [2.05, 4.69) is 9.97 Å². The number of aromatic nitrogens is 2. The van der Waals surface area contributed by atoms with Crippen LogP contribution in [0.5, 0.6) is 5.88 Å². The number of fused-ring (bicyclic) bond motifs is 1. The lowest BCUT2D eigenvalue weighted by atomic mass is 9.73. The van der Waals surface area contributed by atoms with Gasteiger partial charge in [0.15, 0.2) is 0 Å². The highest BCUT2D eigenvalue weighted by molar-refractivity contribution is 5.92. The average molecular weight is 353 g/mol. The van der Waals surface area contributed by atoms with Gasteiger partial charge in [0, 0.05) is 43.6 Å². The molecule has 6 heteroatoms. The quantitative estimate of drug-likeness (QED) is 0.845. The molecule has 2 aromatic heterocycles. The van der Waals surface area contributed by atoms with Gasteiger partial charge in [-0.3, -0.25) is 9.78 Å². The first-order valence-electron chi connectivity index (χ1n) is 9.13. The number of pyridine rings is 2. The van der Waals surface area contributed by atoms with Gasteiger partial charge in [-0.25, -0.2) is 4.98 Å². The molecular weight excluding hydrogens is 330 g/mol. The van der Waals surface area contributed by atoms with Crippen molar-refractivity contribution in [2.45, 2.75) is 25.4 Å². The second-order valence-electron chi connectivity index (χ2n) is 7.01. The van der Waals surface area contributed by atoms with Crippen LogP contribution < -0.4 is 4.74 Å². The van der Waals surface area contributed by atoms with Gasteiger partial charge >= 0.3 is 0 Å². The summed E-state index contributed by atoms with van der Waals surface area (Å²) in [5.41, 5.74) is 0.293. The van der Waals surface area contributed by atoms with Gasteiger partial charge in [-0.05, 0) is 37.5 Å². The minimum atomic E-state index is -0.196. The lowest BCUT2D eigenvalue weighted by molar-refractivity contribution is -0.133. The minimum Gasteiger partial charge on any atom is -0.477 e. The molecule has 2 aromatic rings. The van der Waals surface area contributed by atoms with Crippen molar-refractivity contribution < 1.29 is 14.3 Å². The molecule has 0 spiro atoms. The zero-order valence-electron chi connectivity index (χ0n) is 14.7. The van der Waals surface area contributed by atoms with Crippen LogP contribution in [0.25, 0.3) is 0 Å². The van der Waals surface area contributed by atoms with Gasteiger partial charge < -0.3 is 14.4 Å². The van der Waals surface area contributed by atoms with Crippen LogP contribution in [0.15, 0.2) is 48.8 Å². The van der Waals surface area contributed by atoms with E-state index < -0.39 is 0 Å². The summed E-state index contributed by atoms with van der Waals surface area (Å²) in [7, 11) is 0. The number of hydrogen-bond donors (Lipinski definition) is 0. The largest absolute Gasteiger partial charge is 0.477 e. The Labute approximate surface area is 153 Å². The molecule has 2 aliphatic heterocycles. The van der Waals surface area contributed by atoms with E-state index in [1.54, 1.807) is 18.5 Å². The Morgan fingerprint density at radius 3 is 2.85 bits per heavy atom. The molecule has 6 nitrogen and oxygen atoms in total. The monoisotopic (exact) mass is 353 g/mol. The average Bonchev–Trinajstić information content (AvgIpc) is 2.73. The number of amides is 1. The summed E-state index contributed by atoms with van der Waals surface area (Å²) >= 11 is 0. The van der Waals surface area contributed by atoms with E-state index in [1.807, 2.05) is 35.2 Å². The van der Waals surface area contributed by atoms with Crippen LogP contribution in [0.2, 0.25) is 0 Å². The molecule has 0 radical (unpaired) electrons. The number of nitrogens with zero attached hydrogens (tertiary/aromatic N) is 3. The first-order valence-corrected chi connectivity index (χ1v) is 9.13. The van der Waals surface area contributed by atoms with E-state index >= 15 is 0 Å². The maximum absolute atomic E-state index is 12.9. The van der Waals surface area contributed by atoms with Crippen molar-refractivity contribution in [3.63, 3.8) is 0 Å². The van der Waals surface area contributed by atoms with Gasteiger partial charge in [0.2, 0.25) is 5.88 Å². The van der Waals surface area contributed by atoms with E-state index in [9.17, 15) is 4.79 Å². The zero-order valence-corrected chi connectivity index (χ0v) is 14.7. The number of likely N-dealkylation sites (tertiary alicyclic amines) is 1. The fourth-order valence-electron chi connectivity index (χ4n) is 3.98. The first kappa shape index (κ1) is 17.0. The summed E-state index contributed by atoms with van der Waals surface area (Å²) in [5, 5.41) is 0. The highest BCUT2D eigenvalue weighted by Crippen LogP contribution is 2.40.